The first-order valence-electron chi connectivity index (χ1n) is 9.83. The molecule has 0 saturated heterocycles. The Kier molecular flexibility index (Phi) is 6.80. The summed E-state index contributed by atoms with van der Waals surface area (Å²) in [5.41, 5.74) is 2.97. The molecule has 2 N–H and O–H groups in total. The number of nitrogens with one attached hydrogen (secondary N) is 2. The van der Waals surface area contributed by atoms with Crippen LogP contribution < -0.4 is 10.6 Å². The fourth-order valence-corrected chi connectivity index (χ4v) is 3.14. The summed E-state index contributed by atoms with van der Waals surface area (Å²) in [6.45, 7) is 4.70. The lowest BCUT2D eigenvalue weighted by atomic mass is 9.90. The highest BCUT2D eigenvalue weighted by atomic mass is 16.2. The average Bonchev–Trinajstić information content (AvgIpc) is 2.74. The average molecular weight is 386 g/mol. The molecule has 4 nitrogen and oxygen atoms in total. The quantitative estimate of drug-likeness (QED) is 0.610. The number of carbonyl (C=O) groups is 2. The van der Waals surface area contributed by atoms with Crippen molar-refractivity contribution in [3.05, 3.63) is 102 Å². The lowest BCUT2D eigenvalue weighted by Crippen LogP contribution is -2.27. The maximum Gasteiger partial charge on any atom is 0.251 e. The van der Waals surface area contributed by atoms with Crippen LogP contribution in [0.25, 0.3) is 0 Å². The van der Waals surface area contributed by atoms with Gasteiger partial charge in [-0.1, -0.05) is 80.6 Å². The zero-order valence-corrected chi connectivity index (χ0v) is 16.8. The smallest absolute Gasteiger partial charge is 0.251 e. The Bertz CT molecular complexity index is 913. The highest BCUT2D eigenvalue weighted by molar-refractivity contribution is 6.00. The molecule has 0 aliphatic heterocycles. The molecule has 3 rings (SSSR count). The number of carbonyl (C=O) groups excluding carboxylic acids is 2. The van der Waals surface area contributed by atoms with Crippen molar-refractivity contribution in [2.45, 2.75) is 19.8 Å². The van der Waals surface area contributed by atoms with Crippen LogP contribution in [-0.2, 0) is 4.79 Å². The second-order valence-corrected chi connectivity index (χ2v) is 7.43. The minimum atomic E-state index is -0.434. The molecule has 3 aromatic rings. The van der Waals surface area contributed by atoms with Gasteiger partial charge in [0.15, 0.2) is 0 Å². The number of rotatable bonds is 7. The van der Waals surface area contributed by atoms with Crippen LogP contribution in [0.3, 0.4) is 0 Å². The van der Waals surface area contributed by atoms with Crippen LogP contribution in [-0.4, -0.2) is 18.4 Å². The van der Waals surface area contributed by atoms with Gasteiger partial charge in [-0.05, 0) is 35.2 Å². The van der Waals surface area contributed by atoms with Crippen molar-refractivity contribution in [2.24, 2.45) is 5.92 Å². The Morgan fingerprint density at radius 1 is 0.793 bits per heavy atom. The Labute approximate surface area is 172 Å². The first-order chi connectivity index (χ1) is 14.0. The van der Waals surface area contributed by atoms with Crippen LogP contribution >= 0.6 is 0 Å². The van der Waals surface area contributed by atoms with Crippen molar-refractivity contribution in [1.29, 1.82) is 0 Å². The van der Waals surface area contributed by atoms with Crippen molar-refractivity contribution in [2.75, 3.05) is 11.9 Å². The molecule has 0 aliphatic rings. The molecule has 0 spiro atoms. The molecule has 0 saturated carbocycles. The third-order valence-corrected chi connectivity index (χ3v) is 4.59. The summed E-state index contributed by atoms with van der Waals surface area (Å²) >= 11 is 0. The van der Waals surface area contributed by atoms with E-state index in [2.05, 4.69) is 10.6 Å². The molecule has 0 aliphatic carbocycles. The van der Waals surface area contributed by atoms with Crippen molar-refractivity contribution in [3.8, 4) is 0 Å². The molecule has 0 radical (unpaired) electrons. The standard InChI is InChI=1S/C25H26N2O2/c1-18(2)17-26-24(28)21-14-9-15-22(16-21)27-25(29)23(19-10-5-3-6-11-19)20-12-7-4-8-13-20/h3-16,18,23H,17H2,1-2H3,(H,26,28)(H,27,29). The van der Waals surface area contributed by atoms with E-state index in [0.29, 0.717) is 23.7 Å². The van der Waals surface area contributed by atoms with E-state index in [1.54, 1.807) is 24.3 Å². The van der Waals surface area contributed by atoms with Gasteiger partial charge in [0.2, 0.25) is 5.91 Å². The third kappa shape index (κ3) is 5.55. The molecule has 29 heavy (non-hydrogen) atoms. The minimum absolute atomic E-state index is 0.137. The van der Waals surface area contributed by atoms with Crippen molar-refractivity contribution in [1.82, 2.24) is 5.32 Å². The Hall–Kier alpha value is -3.40. The van der Waals surface area contributed by atoms with Gasteiger partial charge in [0.1, 0.15) is 0 Å². The van der Waals surface area contributed by atoms with Crippen molar-refractivity contribution >= 4 is 17.5 Å². The predicted molar refractivity (Wildman–Crippen MR) is 117 cm³/mol. The van der Waals surface area contributed by atoms with E-state index in [1.165, 1.54) is 0 Å². The largest absolute Gasteiger partial charge is 0.352 e. The molecule has 0 unspecified atom stereocenters. The first kappa shape index (κ1) is 20.3. The lowest BCUT2D eigenvalue weighted by molar-refractivity contribution is -0.116. The van der Waals surface area contributed by atoms with Gasteiger partial charge in [0, 0.05) is 17.8 Å². The third-order valence-electron chi connectivity index (χ3n) is 4.59. The van der Waals surface area contributed by atoms with E-state index in [9.17, 15) is 9.59 Å². The first-order valence-corrected chi connectivity index (χ1v) is 9.83. The molecule has 0 bridgehead atoms. The van der Waals surface area contributed by atoms with Crippen molar-refractivity contribution in [3.63, 3.8) is 0 Å². The maximum absolute atomic E-state index is 13.2. The number of benzene rings is 3. The van der Waals surface area contributed by atoms with Gasteiger partial charge in [0.05, 0.1) is 5.92 Å². The monoisotopic (exact) mass is 386 g/mol. The molecule has 0 fully saturated rings. The highest BCUT2D eigenvalue weighted by Crippen LogP contribution is 2.26. The SMILES string of the molecule is CC(C)CNC(=O)c1cccc(NC(=O)C(c2ccccc2)c2ccccc2)c1. The molecule has 0 atom stereocenters. The molecular weight excluding hydrogens is 360 g/mol. The van der Waals surface area contributed by atoms with Gasteiger partial charge in [-0.25, -0.2) is 0 Å². The van der Waals surface area contributed by atoms with Crippen LogP contribution in [0.15, 0.2) is 84.9 Å². The maximum atomic E-state index is 13.2. The highest BCUT2D eigenvalue weighted by Gasteiger charge is 2.22. The van der Waals surface area contributed by atoms with E-state index in [1.807, 2.05) is 74.5 Å². The van der Waals surface area contributed by atoms with E-state index in [-0.39, 0.29) is 11.8 Å². The Morgan fingerprint density at radius 3 is 1.93 bits per heavy atom. The molecule has 3 aromatic carbocycles. The summed E-state index contributed by atoms with van der Waals surface area (Å²) in [7, 11) is 0. The van der Waals surface area contributed by atoms with Gasteiger partial charge in [-0.2, -0.15) is 0 Å². The van der Waals surface area contributed by atoms with Gasteiger partial charge in [-0.3, -0.25) is 9.59 Å². The fourth-order valence-electron chi connectivity index (χ4n) is 3.14. The van der Waals surface area contributed by atoms with Gasteiger partial charge >= 0.3 is 0 Å². The summed E-state index contributed by atoms with van der Waals surface area (Å²) in [4.78, 5) is 25.5. The van der Waals surface area contributed by atoms with Crippen LogP contribution in [0.4, 0.5) is 5.69 Å². The van der Waals surface area contributed by atoms with Crippen LogP contribution in [0.2, 0.25) is 0 Å². The van der Waals surface area contributed by atoms with E-state index in [4.69, 9.17) is 0 Å². The molecule has 0 heterocycles. The summed E-state index contributed by atoms with van der Waals surface area (Å²) in [5.74, 6) is -0.338. The summed E-state index contributed by atoms with van der Waals surface area (Å²) < 4.78 is 0. The zero-order valence-electron chi connectivity index (χ0n) is 16.8. The molecular formula is C25H26N2O2. The number of hydrogen-bond acceptors (Lipinski definition) is 2. The molecule has 148 valence electrons. The number of amides is 2. The number of hydrogen-bond donors (Lipinski definition) is 2. The number of anilines is 1. The lowest BCUT2D eigenvalue weighted by Gasteiger charge is -2.18. The summed E-state index contributed by atoms with van der Waals surface area (Å²) in [5, 5.41) is 5.88. The van der Waals surface area contributed by atoms with Crippen LogP contribution in [0, 0.1) is 5.92 Å². The van der Waals surface area contributed by atoms with Crippen LogP contribution in [0.1, 0.15) is 41.3 Å². The predicted octanol–water partition coefficient (Wildman–Crippen LogP) is 4.84. The topological polar surface area (TPSA) is 58.2 Å². The van der Waals surface area contributed by atoms with Gasteiger partial charge in [0.25, 0.3) is 5.91 Å². The molecule has 4 heteroatoms. The second kappa shape index (κ2) is 9.69. The van der Waals surface area contributed by atoms with E-state index >= 15 is 0 Å². The normalized spacial score (nSPS) is 10.8. The van der Waals surface area contributed by atoms with E-state index in [0.717, 1.165) is 11.1 Å². The van der Waals surface area contributed by atoms with Crippen LogP contribution in [0.5, 0.6) is 0 Å². The molecule has 2 amide bonds. The van der Waals surface area contributed by atoms with Gasteiger partial charge in [-0.15, -0.1) is 0 Å². The second-order valence-electron chi connectivity index (χ2n) is 7.43. The Balaban J connectivity index is 1.82. The summed E-state index contributed by atoms with van der Waals surface area (Å²) in [6.07, 6.45) is 0. The molecule has 0 aromatic heterocycles. The van der Waals surface area contributed by atoms with E-state index < -0.39 is 5.92 Å². The zero-order chi connectivity index (χ0) is 20.6. The summed E-state index contributed by atoms with van der Waals surface area (Å²) in [6, 6.07) is 26.4. The minimum Gasteiger partial charge on any atom is -0.352 e. The Morgan fingerprint density at radius 2 is 1.38 bits per heavy atom. The van der Waals surface area contributed by atoms with Crippen molar-refractivity contribution < 1.29 is 9.59 Å². The van der Waals surface area contributed by atoms with Gasteiger partial charge < -0.3 is 10.6 Å². The fraction of sp³-hybridized carbons (Fsp3) is 0.200.